The molecule has 3 aromatic rings. The van der Waals surface area contributed by atoms with Crippen LogP contribution >= 0.6 is 42.3 Å². The number of hydrogen-bond acceptors (Lipinski definition) is 2. The van der Waals surface area contributed by atoms with Crippen molar-refractivity contribution >= 4 is 69.0 Å². The topological polar surface area (TPSA) is 3.24 Å². The van der Waals surface area contributed by atoms with Crippen molar-refractivity contribution in [3.8, 4) is 0 Å². The minimum absolute atomic E-state index is 0.0707. The fraction of sp³-hybridized carbons (Fsp3) is 0.120. The van der Waals surface area contributed by atoms with Crippen molar-refractivity contribution in [3.63, 3.8) is 0 Å². The van der Waals surface area contributed by atoms with E-state index in [9.17, 15) is 0 Å². The zero-order valence-electron chi connectivity index (χ0n) is 16.7. The summed E-state index contributed by atoms with van der Waals surface area (Å²) in [6.45, 7) is 0. The van der Waals surface area contributed by atoms with Crippen LogP contribution in [0.2, 0.25) is 0 Å². The van der Waals surface area contributed by atoms with Crippen LogP contribution in [0.3, 0.4) is 0 Å². The zero-order chi connectivity index (χ0) is 21.6. The van der Waals surface area contributed by atoms with Gasteiger partial charge >= 0.3 is 205 Å². The molecule has 6 heteroatoms. The molecule has 0 amide bonds. The molecule has 0 spiro atoms. The predicted molar refractivity (Wildman–Crippen MR) is 138 cm³/mol. The number of rotatable bonds is 2. The summed E-state index contributed by atoms with van der Waals surface area (Å²) in [5.41, 5.74) is 8.54. The summed E-state index contributed by atoms with van der Waals surface area (Å²) in [5.74, 6) is 0. The van der Waals surface area contributed by atoms with E-state index in [0.717, 1.165) is 7.74 Å². The third kappa shape index (κ3) is 2.92. The first-order valence-electron chi connectivity index (χ1n) is 10.2. The van der Waals surface area contributed by atoms with Crippen molar-refractivity contribution < 1.29 is 14.9 Å². The quantitative estimate of drug-likeness (QED) is 0.292. The summed E-state index contributed by atoms with van der Waals surface area (Å²) in [6.07, 6.45) is 6.59. The molecule has 0 fully saturated rings. The Morgan fingerprint density at radius 2 is 1.77 bits per heavy atom. The number of benzene rings is 3. The average molecular weight is 608 g/mol. The van der Waals surface area contributed by atoms with Crippen molar-refractivity contribution in [3.05, 3.63) is 99.0 Å². The normalized spacial score (nSPS) is 21.8. The molecule has 2 unspecified atom stereocenters. The molecular weight excluding hydrogens is 588 g/mol. The Kier molecular flexibility index (Phi) is 4.61. The monoisotopic (exact) mass is 604 g/mol. The molecule has 3 aliphatic rings. The van der Waals surface area contributed by atoms with Crippen LogP contribution in [0.15, 0.2) is 71.2 Å². The molecular formula is C25H19BrCl2NSZr. The molecule has 0 N–H and O–H groups in total. The third-order valence-electron chi connectivity index (χ3n) is 6.86. The number of halogens is 3. The van der Waals surface area contributed by atoms with Crippen molar-refractivity contribution in [1.29, 1.82) is 0 Å². The zero-order valence-corrected chi connectivity index (χ0v) is 23.1. The fourth-order valence-electron chi connectivity index (χ4n) is 5.45. The van der Waals surface area contributed by atoms with Gasteiger partial charge in [0.05, 0.1) is 0 Å². The second-order valence-electron chi connectivity index (χ2n) is 8.58. The van der Waals surface area contributed by atoms with Crippen LogP contribution in [0.1, 0.15) is 37.5 Å². The Morgan fingerprint density at radius 1 is 0.968 bits per heavy atom. The van der Waals surface area contributed by atoms with Crippen molar-refractivity contribution in [2.75, 3.05) is 11.9 Å². The van der Waals surface area contributed by atoms with E-state index in [1.165, 1.54) is 39.1 Å². The van der Waals surface area contributed by atoms with Gasteiger partial charge in [0.2, 0.25) is 0 Å². The molecule has 3 aromatic carbocycles. The van der Waals surface area contributed by atoms with E-state index in [2.05, 4.69) is 107 Å². The van der Waals surface area contributed by atoms with Crippen molar-refractivity contribution in [2.24, 2.45) is 0 Å². The molecule has 0 saturated carbocycles. The molecule has 1 aliphatic heterocycles. The van der Waals surface area contributed by atoms with Crippen molar-refractivity contribution in [1.82, 2.24) is 0 Å². The first kappa shape index (κ1) is 20.8. The standard InChI is InChI=1S/C16H11BrN.C9H7.2ClH.H2S.Zr/c1-18-15-5-3-2-4-13(15)14-9-10-8-11(17)6-7-12(10)16(14)18;1-2-5-9-7-3-6-8(9)4-1;;;;/h2-3,5-9,16H,1H3;1-7H;2*1H;1H2;/q;;;;;+3/p-3. The van der Waals surface area contributed by atoms with Gasteiger partial charge in [-0.25, -0.2) is 0 Å². The number of hydrogen-bond donors (Lipinski definition) is 1. The van der Waals surface area contributed by atoms with Crippen LogP contribution in [-0.2, 0) is 14.9 Å². The van der Waals surface area contributed by atoms with E-state index >= 15 is 0 Å². The molecule has 0 radical (unpaired) electrons. The first-order chi connectivity index (χ1) is 14.7. The summed E-state index contributed by atoms with van der Waals surface area (Å²) in [6, 6.07) is 21.4. The van der Waals surface area contributed by atoms with Crippen LogP contribution < -0.4 is 8.17 Å². The van der Waals surface area contributed by atoms with Crippen LogP contribution in [0, 0.1) is 0 Å². The van der Waals surface area contributed by atoms with Gasteiger partial charge in [-0.2, -0.15) is 0 Å². The minimum atomic E-state index is -4.79. The van der Waals surface area contributed by atoms with E-state index in [4.69, 9.17) is 26.4 Å². The van der Waals surface area contributed by atoms with Gasteiger partial charge < -0.3 is 0 Å². The summed E-state index contributed by atoms with van der Waals surface area (Å²) >= 11 is -1.18. The van der Waals surface area contributed by atoms with Gasteiger partial charge in [-0.3, -0.25) is 0 Å². The number of allylic oxidation sites excluding steroid dienone is 1. The number of anilines is 1. The van der Waals surface area contributed by atoms with Crippen LogP contribution in [0.5, 0.6) is 0 Å². The fourth-order valence-corrected chi connectivity index (χ4v) is 18.9. The number of likely N-dealkylation sites (N-methyl/N-ethyl adjacent to an activating group) is 1. The maximum atomic E-state index is 7.54. The van der Waals surface area contributed by atoms with Gasteiger partial charge in [-0.1, -0.05) is 0 Å². The van der Waals surface area contributed by atoms with Crippen LogP contribution in [0.4, 0.5) is 5.69 Å². The number of nitrogens with zero attached hydrogens (tertiary/aromatic N) is 1. The summed E-state index contributed by atoms with van der Waals surface area (Å²) in [5, 5.41) is 0. The van der Waals surface area contributed by atoms with E-state index in [0.29, 0.717) is 0 Å². The summed E-state index contributed by atoms with van der Waals surface area (Å²) in [7, 11) is 22.5. The maximum absolute atomic E-state index is 7.54. The molecule has 0 bridgehead atoms. The van der Waals surface area contributed by atoms with Gasteiger partial charge in [0.25, 0.3) is 0 Å². The van der Waals surface area contributed by atoms with E-state index in [1.807, 2.05) is 0 Å². The van der Waals surface area contributed by atoms with E-state index in [-0.39, 0.29) is 9.67 Å². The Balaban J connectivity index is 1.57. The second-order valence-corrected chi connectivity index (χ2v) is 36.5. The molecule has 0 aromatic heterocycles. The van der Waals surface area contributed by atoms with Crippen molar-refractivity contribution in [2.45, 2.75) is 9.67 Å². The van der Waals surface area contributed by atoms with E-state index in [1.54, 1.807) is 0 Å². The van der Waals surface area contributed by atoms with Gasteiger partial charge in [0, 0.05) is 0 Å². The molecule has 31 heavy (non-hydrogen) atoms. The Morgan fingerprint density at radius 3 is 2.61 bits per heavy atom. The van der Waals surface area contributed by atoms with Gasteiger partial charge in [-0.15, -0.1) is 0 Å². The predicted octanol–water partition coefficient (Wildman–Crippen LogP) is 7.73. The Hall–Kier alpha value is -0.767. The van der Waals surface area contributed by atoms with Gasteiger partial charge in [-0.05, 0) is 0 Å². The molecule has 6 rings (SSSR count). The van der Waals surface area contributed by atoms with Gasteiger partial charge in [0.1, 0.15) is 0 Å². The molecule has 1 heterocycles. The number of thiol groups is 1. The molecule has 0 saturated heterocycles. The Bertz CT molecular complexity index is 1340. The summed E-state index contributed by atoms with van der Waals surface area (Å²) < 4.78 is 2.05. The third-order valence-corrected chi connectivity index (χ3v) is 22.8. The Labute approximate surface area is 202 Å². The van der Waals surface area contributed by atoms with E-state index < -0.39 is 14.9 Å². The molecule has 2 atom stereocenters. The van der Waals surface area contributed by atoms with Crippen LogP contribution in [-0.4, -0.2) is 7.05 Å². The second kappa shape index (κ2) is 6.87. The SMILES string of the molecule is CN1c2ccc[c]([Zr]([SH])([Cl])([Cl])[CH]3C=Cc4ccccc43)c2C2=Cc3cc(Br)ccc3C21. The number of fused-ring (bicyclic) bond motifs is 6. The molecule has 2 aliphatic carbocycles. The molecule has 155 valence electrons. The molecule has 1 nitrogen and oxygen atoms in total. The summed E-state index contributed by atoms with van der Waals surface area (Å²) in [4.78, 5) is 2.34. The van der Waals surface area contributed by atoms with Crippen LogP contribution in [0.25, 0.3) is 17.7 Å². The average Bonchev–Trinajstić information content (AvgIpc) is 3.40. The first-order valence-corrected chi connectivity index (χ1v) is 23.7. The van der Waals surface area contributed by atoms with Gasteiger partial charge in [0.15, 0.2) is 0 Å².